The first-order chi connectivity index (χ1) is 12.6. The van der Waals surface area contributed by atoms with Gasteiger partial charge >= 0.3 is 26.2 Å². The smallest absolute Gasteiger partial charge is 1.00 e. The van der Waals surface area contributed by atoms with Crippen LogP contribution < -0.4 is 35.3 Å². The molecule has 0 unspecified atom stereocenters. The van der Waals surface area contributed by atoms with E-state index in [9.17, 15) is 0 Å². The molecule has 0 amide bonds. The fourth-order valence-corrected chi connectivity index (χ4v) is 4.38. The molecule has 155 valence electrons. The van der Waals surface area contributed by atoms with Gasteiger partial charge in [0.1, 0.15) is 0 Å². The number of hydrogen-bond donors (Lipinski definition) is 0. The second-order valence-electron chi connectivity index (χ2n) is 9.88. The van der Waals surface area contributed by atoms with Crippen molar-refractivity contribution in [3.63, 3.8) is 0 Å². The summed E-state index contributed by atoms with van der Waals surface area (Å²) in [4.78, 5) is 0. The standard InChI is InChI=1S/C27H29.2ClH.Zr/c1-17-24(27(5,6)7)16-20-19-13-10-14-23(26(2,3)4)21(19)15-22(20)25(17)18-11-8-9-12-18;;;/h8-11,13-14,16H,1,12H2,2-7H3;2*1H;/q-1;;;+3/p-2. The third kappa shape index (κ3) is 4.50. The van der Waals surface area contributed by atoms with Crippen molar-refractivity contribution in [2.24, 2.45) is 0 Å². The van der Waals surface area contributed by atoms with Gasteiger partial charge in [-0.3, -0.25) is 0 Å². The molecule has 0 bridgehead atoms. The Morgan fingerprint density at radius 2 is 1.53 bits per heavy atom. The van der Waals surface area contributed by atoms with Gasteiger partial charge in [-0.15, -0.1) is 27.3 Å². The van der Waals surface area contributed by atoms with E-state index in [4.69, 9.17) is 0 Å². The number of allylic oxidation sites excluding steroid dienone is 4. The van der Waals surface area contributed by atoms with Gasteiger partial charge in [0.05, 0.1) is 0 Å². The van der Waals surface area contributed by atoms with Crippen molar-refractivity contribution < 1.29 is 51.0 Å². The van der Waals surface area contributed by atoms with Gasteiger partial charge in [-0.1, -0.05) is 118 Å². The Balaban J connectivity index is 0.00000150. The zero-order valence-electron chi connectivity index (χ0n) is 18.7. The van der Waals surface area contributed by atoms with Crippen molar-refractivity contribution in [3.8, 4) is 0 Å². The number of rotatable bonds is 1. The van der Waals surface area contributed by atoms with E-state index in [1.165, 1.54) is 43.5 Å². The van der Waals surface area contributed by atoms with Crippen molar-refractivity contribution in [2.75, 3.05) is 0 Å². The minimum atomic E-state index is 0. The van der Waals surface area contributed by atoms with Crippen molar-refractivity contribution in [1.29, 1.82) is 0 Å². The van der Waals surface area contributed by atoms with Gasteiger partial charge < -0.3 is 24.8 Å². The van der Waals surface area contributed by atoms with E-state index in [2.05, 4.69) is 96.7 Å². The summed E-state index contributed by atoms with van der Waals surface area (Å²) in [6.45, 7) is 18.2. The van der Waals surface area contributed by atoms with Crippen LogP contribution in [0.1, 0.15) is 70.2 Å². The van der Waals surface area contributed by atoms with Gasteiger partial charge in [0.15, 0.2) is 0 Å². The number of benzene rings is 2. The first kappa shape index (κ1) is 27.2. The summed E-state index contributed by atoms with van der Waals surface area (Å²) >= 11 is 0. The molecule has 2 aliphatic rings. The molecule has 0 N–H and O–H groups in total. The quantitative estimate of drug-likeness (QED) is 0.378. The van der Waals surface area contributed by atoms with Crippen LogP contribution in [-0.2, 0) is 37.0 Å². The predicted octanol–water partition coefficient (Wildman–Crippen LogP) is -0.653. The first-order valence-electron chi connectivity index (χ1n) is 9.89. The maximum Gasteiger partial charge on any atom is 3.00 e. The van der Waals surface area contributed by atoms with Crippen LogP contribution in [0.15, 0.2) is 42.5 Å². The van der Waals surface area contributed by atoms with Crippen LogP contribution in [0, 0.1) is 10.4 Å². The molecule has 0 heterocycles. The molecule has 0 atom stereocenters. The summed E-state index contributed by atoms with van der Waals surface area (Å²) in [5.74, 6) is 0. The van der Waals surface area contributed by atoms with E-state index >= 15 is 0 Å². The van der Waals surface area contributed by atoms with Gasteiger partial charge in [-0.05, 0) is 17.3 Å². The van der Waals surface area contributed by atoms with E-state index in [0.717, 1.165) is 11.6 Å². The molecule has 0 saturated heterocycles. The van der Waals surface area contributed by atoms with Crippen molar-refractivity contribution in [3.05, 3.63) is 85.6 Å². The maximum absolute atomic E-state index is 4.53. The summed E-state index contributed by atoms with van der Waals surface area (Å²) in [6.07, 6.45) is 11.4. The van der Waals surface area contributed by atoms with Crippen LogP contribution in [0.25, 0.3) is 18.2 Å². The third-order valence-corrected chi connectivity index (χ3v) is 5.75. The molecule has 2 aromatic rings. The summed E-state index contributed by atoms with van der Waals surface area (Å²) < 4.78 is 0. The number of halogens is 2. The van der Waals surface area contributed by atoms with Crippen LogP contribution in [0.3, 0.4) is 0 Å². The van der Waals surface area contributed by atoms with Crippen LogP contribution in [0.2, 0.25) is 0 Å². The Morgan fingerprint density at radius 1 is 0.900 bits per heavy atom. The monoisotopic (exact) mass is 513 g/mol. The van der Waals surface area contributed by atoms with Crippen LogP contribution in [-0.4, -0.2) is 0 Å². The van der Waals surface area contributed by atoms with Crippen LogP contribution >= 0.6 is 0 Å². The Kier molecular flexibility index (Phi) is 8.43. The summed E-state index contributed by atoms with van der Waals surface area (Å²) in [6, 6.07) is 9.07. The van der Waals surface area contributed by atoms with Crippen molar-refractivity contribution in [1.82, 2.24) is 0 Å². The molecule has 0 saturated carbocycles. The molecule has 30 heavy (non-hydrogen) atoms. The molecule has 0 aliphatic heterocycles. The molecular weight excluding hydrogens is 486 g/mol. The molecular formula is C27H29Cl2Zr. The maximum atomic E-state index is 4.53. The average molecular weight is 516 g/mol. The van der Waals surface area contributed by atoms with E-state index in [-0.39, 0.29) is 61.8 Å². The third-order valence-electron chi connectivity index (χ3n) is 5.75. The van der Waals surface area contributed by atoms with Gasteiger partial charge in [-0.25, -0.2) is 0 Å². The Bertz CT molecular complexity index is 1220. The predicted molar refractivity (Wildman–Crippen MR) is 117 cm³/mol. The fourth-order valence-electron chi connectivity index (χ4n) is 4.38. The molecule has 2 aromatic carbocycles. The van der Waals surface area contributed by atoms with E-state index in [0.29, 0.717) is 0 Å². The minimum Gasteiger partial charge on any atom is -1.00 e. The molecule has 0 aromatic heterocycles. The normalized spacial score (nSPS) is 13.9. The van der Waals surface area contributed by atoms with Crippen LogP contribution in [0.5, 0.6) is 0 Å². The van der Waals surface area contributed by atoms with Crippen molar-refractivity contribution >= 4 is 18.2 Å². The summed E-state index contributed by atoms with van der Waals surface area (Å²) in [5.41, 5.74) is 6.73. The van der Waals surface area contributed by atoms with Gasteiger partial charge in [0, 0.05) is 0 Å². The average Bonchev–Trinajstić information content (AvgIpc) is 3.19. The molecule has 2 aliphatic carbocycles. The van der Waals surface area contributed by atoms with E-state index < -0.39 is 0 Å². The molecule has 0 nitrogen and oxygen atoms in total. The van der Waals surface area contributed by atoms with E-state index in [1.54, 1.807) is 0 Å². The summed E-state index contributed by atoms with van der Waals surface area (Å²) in [5, 5.41) is 5.05. The zero-order chi connectivity index (χ0) is 19.6. The Hall–Kier alpha value is -0.877. The minimum absolute atomic E-state index is 0. The summed E-state index contributed by atoms with van der Waals surface area (Å²) in [7, 11) is 0. The Morgan fingerprint density at radius 3 is 2.07 bits per heavy atom. The Labute approximate surface area is 212 Å². The van der Waals surface area contributed by atoms with Gasteiger partial charge in [-0.2, -0.15) is 0 Å². The second kappa shape index (κ2) is 9.32. The number of fused-ring (bicyclic) bond motifs is 2. The van der Waals surface area contributed by atoms with Crippen molar-refractivity contribution in [2.45, 2.75) is 58.8 Å². The zero-order valence-corrected chi connectivity index (χ0v) is 22.7. The molecule has 1 radical (unpaired) electrons. The van der Waals surface area contributed by atoms with Crippen LogP contribution in [0.4, 0.5) is 0 Å². The molecule has 3 heteroatoms. The molecule has 0 fully saturated rings. The fraction of sp³-hybridized carbons (Fsp3) is 0.333. The molecule has 4 rings (SSSR count). The SMILES string of the molecule is C=c1c(C(C)(C)C)cc2c(c1C1=CC=CC1)[C-]=c1c(C(C)(C)C)cccc1=2.[Cl-].[Cl-].[Zr+3]. The topological polar surface area (TPSA) is 0 Å². The van der Waals surface area contributed by atoms with E-state index in [1.807, 2.05) is 0 Å². The van der Waals surface area contributed by atoms with Gasteiger partial charge in [0.2, 0.25) is 0 Å². The van der Waals surface area contributed by atoms with Gasteiger partial charge in [0.25, 0.3) is 0 Å². The molecule has 0 spiro atoms. The number of hydrogen-bond acceptors (Lipinski definition) is 0. The largest absolute Gasteiger partial charge is 3.00 e. The first-order valence-corrected chi connectivity index (χ1v) is 9.89. The second-order valence-corrected chi connectivity index (χ2v) is 9.88.